The second-order valence-corrected chi connectivity index (χ2v) is 9.97. The molecule has 2 aromatic carbocycles. The predicted molar refractivity (Wildman–Crippen MR) is 113 cm³/mol. The molecule has 2 atom stereocenters. The number of nitrogens with one attached hydrogen (secondary N) is 1. The van der Waals surface area contributed by atoms with E-state index < -0.39 is 10.0 Å². The normalized spacial score (nSPS) is 20.4. The largest absolute Gasteiger partial charge is 0.372 e. The van der Waals surface area contributed by atoms with Crippen molar-refractivity contribution in [1.29, 1.82) is 0 Å². The number of ether oxygens (including phenoxy) is 1. The van der Waals surface area contributed by atoms with Crippen molar-refractivity contribution in [3.63, 3.8) is 0 Å². The lowest BCUT2D eigenvalue weighted by atomic mass is 9.82. The van der Waals surface area contributed by atoms with Crippen LogP contribution in [0.1, 0.15) is 57.6 Å². The van der Waals surface area contributed by atoms with Gasteiger partial charge in [0, 0.05) is 6.04 Å². The maximum absolute atomic E-state index is 12.9. The van der Waals surface area contributed by atoms with Crippen molar-refractivity contribution < 1.29 is 13.2 Å². The Morgan fingerprint density at radius 3 is 2.36 bits per heavy atom. The zero-order chi connectivity index (χ0) is 20.2. The molecule has 0 radical (unpaired) electrons. The maximum Gasteiger partial charge on any atom is 0.240 e. The molecule has 1 saturated carbocycles. The molecule has 0 saturated heterocycles. The molecule has 1 N–H and O–H groups in total. The van der Waals surface area contributed by atoms with Gasteiger partial charge in [-0.05, 0) is 54.4 Å². The molecule has 0 amide bonds. The highest BCUT2D eigenvalue weighted by Gasteiger charge is 2.32. The predicted octanol–water partition coefficient (Wildman–Crippen LogP) is 4.79. The monoisotopic (exact) mass is 401 g/mol. The van der Waals surface area contributed by atoms with Gasteiger partial charge < -0.3 is 4.74 Å². The molecule has 28 heavy (non-hydrogen) atoms. The van der Waals surface area contributed by atoms with E-state index in [9.17, 15) is 8.42 Å². The van der Waals surface area contributed by atoms with Crippen molar-refractivity contribution in [2.45, 2.75) is 75.5 Å². The quantitative estimate of drug-likeness (QED) is 0.692. The number of hydrogen-bond acceptors (Lipinski definition) is 3. The lowest BCUT2D eigenvalue weighted by Crippen LogP contribution is -2.41. The van der Waals surface area contributed by atoms with Crippen molar-refractivity contribution in [3.05, 3.63) is 65.7 Å². The van der Waals surface area contributed by atoms with Gasteiger partial charge in [0.2, 0.25) is 10.0 Å². The van der Waals surface area contributed by atoms with E-state index in [2.05, 4.69) is 25.5 Å². The SMILES string of the molecule is CCC(C)(C)c1ccc(S(=O)(=O)NC2CCCC2OCc2ccccc2)cc1. The minimum atomic E-state index is -3.56. The van der Waals surface area contributed by atoms with Gasteiger partial charge in [0.25, 0.3) is 0 Å². The third-order valence-corrected chi connectivity index (χ3v) is 7.40. The highest BCUT2D eigenvalue weighted by Crippen LogP contribution is 2.28. The highest BCUT2D eigenvalue weighted by molar-refractivity contribution is 7.89. The molecule has 1 fully saturated rings. The molecule has 152 valence electrons. The first-order valence-corrected chi connectivity index (χ1v) is 11.6. The molecule has 0 spiro atoms. The summed E-state index contributed by atoms with van der Waals surface area (Å²) in [5, 5.41) is 0. The Kier molecular flexibility index (Phi) is 6.58. The summed E-state index contributed by atoms with van der Waals surface area (Å²) in [7, 11) is -3.56. The summed E-state index contributed by atoms with van der Waals surface area (Å²) in [6.45, 7) is 6.98. The number of hydrogen-bond donors (Lipinski definition) is 1. The number of sulfonamides is 1. The van der Waals surface area contributed by atoms with Crippen LogP contribution < -0.4 is 4.72 Å². The number of benzene rings is 2. The molecule has 1 aliphatic carbocycles. The summed E-state index contributed by atoms with van der Waals surface area (Å²) < 4.78 is 34.7. The summed E-state index contributed by atoms with van der Waals surface area (Å²) in [4.78, 5) is 0.317. The zero-order valence-corrected chi connectivity index (χ0v) is 17.8. The molecular formula is C23H31NO3S. The van der Waals surface area contributed by atoms with Gasteiger partial charge in [-0.15, -0.1) is 0 Å². The van der Waals surface area contributed by atoms with Gasteiger partial charge in [0.1, 0.15) is 0 Å². The van der Waals surface area contributed by atoms with E-state index in [1.165, 1.54) is 0 Å². The smallest absolute Gasteiger partial charge is 0.240 e. The van der Waals surface area contributed by atoms with Gasteiger partial charge in [-0.2, -0.15) is 0 Å². The fourth-order valence-corrected chi connectivity index (χ4v) is 4.89. The Bertz CT molecular complexity index is 860. The maximum atomic E-state index is 12.9. The molecule has 0 heterocycles. The second-order valence-electron chi connectivity index (χ2n) is 8.26. The van der Waals surface area contributed by atoms with Crippen LogP contribution in [0.3, 0.4) is 0 Å². The molecule has 5 heteroatoms. The highest BCUT2D eigenvalue weighted by atomic mass is 32.2. The van der Waals surface area contributed by atoms with Crippen molar-refractivity contribution >= 4 is 10.0 Å². The van der Waals surface area contributed by atoms with Gasteiger partial charge >= 0.3 is 0 Å². The van der Waals surface area contributed by atoms with E-state index in [-0.39, 0.29) is 17.6 Å². The van der Waals surface area contributed by atoms with E-state index in [1.807, 2.05) is 42.5 Å². The zero-order valence-electron chi connectivity index (χ0n) is 17.0. The molecule has 1 aliphatic rings. The minimum absolute atomic E-state index is 0.0392. The van der Waals surface area contributed by atoms with Crippen LogP contribution in [0, 0.1) is 0 Å². The first kappa shape index (κ1) is 21.0. The van der Waals surface area contributed by atoms with Crippen LogP contribution in [-0.4, -0.2) is 20.6 Å². The molecule has 0 aromatic heterocycles. The summed E-state index contributed by atoms with van der Waals surface area (Å²) >= 11 is 0. The van der Waals surface area contributed by atoms with Crippen LogP contribution in [0.15, 0.2) is 59.5 Å². The third-order valence-electron chi connectivity index (χ3n) is 5.90. The van der Waals surface area contributed by atoms with Crippen LogP contribution in [0.25, 0.3) is 0 Å². The van der Waals surface area contributed by atoms with Crippen LogP contribution in [0.4, 0.5) is 0 Å². The number of rotatable bonds is 8. The van der Waals surface area contributed by atoms with E-state index >= 15 is 0 Å². The van der Waals surface area contributed by atoms with Gasteiger partial charge in [-0.25, -0.2) is 13.1 Å². The van der Waals surface area contributed by atoms with E-state index in [4.69, 9.17) is 4.74 Å². The van der Waals surface area contributed by atoms with Gasteiger partial charge in [0.05, 0.1) is 17.6 Å². The molecule has 0 bridgehead atoms. The third kappa shape index (κ3) is 5.02. The van der Waals surface area contributed by atoms with Gasteiger partial charge in [-0.1, -0.05) is 63.2 Å². The lowest BCUT2D eigenvalue weighted by Gasteiger charge is -2.24. The standard InChI is InChI=1S/C23H31NO3S/c1-4-23(2,3)19-13-15-20(16-14-19)28(25,26)24-21-11-8-12-22(21)27-17-18-9-6-5-7-10-18/h5-7,9-10,13-16,21-22,24H,4,8,11-12,17H2,1-3H3. The Balaban J connectivity index is 1.65. The van der Waals surface area contributed by atoms with Crippen molar-refractivity contribution in [2.24, 2.45) is 0 Å². The van der Waals surface area contributed by atoms with Gasteiger partial charge in [0.15, 0.2) is 0 Å². The Labute approximate surface area is 169 Å². The van der Waals surface area contributed by atoms with Crippen molar-refractivity contribution in [1.82, 2.24) is 4.72 Å². The summed E-state index contributed by atoms with van der Waals surface area (Å²) in [6, 6.07) is 17.1. The summed E-state index contributed by atoms with van der Waals surface area (Å²) in [6.07, 6.45) is 3.56. The summed E-state index contributed by atoms with van der Waals surface area (Å²) in [5.74, 6) is 0. The Hall–Kier alpha value is -1.69. The van der Waals surface area contributed by atoms with Crippen LogP contribution in [-0.2, 0) is 26.8 Å². The first-order valence-electron chi connectivity index (χ1n) is 10.1. The average Bonchev–Trinajstić information content (AvgIpc) is 3.13. The van der Waals surface area contributed by atoms with Crippen LogP contribution in [0.5, 0.6) is 0 Å². The van der Waals surface area contributed by atoms with E-state index in [0.717, 1.165) is 36.8 Å². The molecule has 0 aliphatic heterocycles. The van der Waals surface area contributed by atoms with Gasteiger partial charge in [-0.3, -0.25) is 0 Å². The Morgan fingerprint density at radius 2 is 1.71 bits per heavy atom. The average molecular weight is 402 g/mol. The van der Waals surface area contributed by atoms with Crippen molar-refractivity contribution in [2.75, 3.05) is 0 Å². The first-order chi connectivity index (χ1) is 13.3. The van der Waals surface area contributed by atoms with E-state index in [1.54, 1.807) is 12.1 Å². The summed E-state index contributed by atoms with van der Waals surface area (Å²) in [5.41, 5.74) is 2.29. The Morgan fingerprint density at radius 1 is 1.04 bits per heavy atom. The minimum Gasteiger partial charge on any atom is -0.372 e. The van der Waals surface area contributed by atoms with E-state index in [0.29, 0.717) is 11.5 Å². The lowest BCUT2D eigenvalue weighted by molar-refractivity contribution is 0.0325. The van der Waals surface area contributed by atoms with Crippen molar-refractivity contribution in [3.8, 4) is 0 Å². The molecule has 3 rings (SSSR count). The molecule has 2 aromatic rings. The second kappa shape index (κ2) is 8.76. The molecule has 4 nitrogen and oxygen atoms in total. The van der Waals surface area contributed by atoms with Crippen LogP contribution in [0.2, 0.25) is 0 Å². The molecule has 2 unspecified atom stereocenters. The van der Waals surface area contributed by atoms with Crippen LogP contribution >= 0.6 is 0 Å². The molecular weight excluding hydrogens is 370 g/mol. The fraction of sp³-hybridized carbons (Fsp3) is 0.478. The fourth-order valence-electron chi connectivity index (χ4n) is 3.59. The topological polar surface area (TPSA) is 55.4 Å².